The minimum atomic E-state index is -0.889. The fraction of sp³-hybridized carbons (Fsp3) is 1.00. The number of hydrogen-bond donors (Lipinski definition) is 3. The summed E-state index contributed by atoms with van der Waals surface area (Å²) in [4.78, 5) is 0. The molecule has 18 heavy (non-hydrogen) atoms. The van der Waals surface area contributed by atoms with Gasteiger partial charge in [0.15, 0.2) is 0 Å². The molecule has 0 heterocycles. The second-order valence-corrected chi connectivity index (χ2v) is 8.48. The molecule has 3 nitrogen and oxygen atoms in total. The van der Waals surface area contributed by atoms with Crippen molar-refractivity contribution in [2.24, 2.45) is 0 Å². The normalized spacial score (nSPS) is 13.3. The topological polar surface area (TPSA) is 60.7 Å². The number of aliphatic hydroxyl groups excluding tert-OH is 3. The first-order valence-corrected chi connectivity index (χ1v) is 14.2. The SMILES string of the molecule is CCC(C)O.CCC(C)O.CCC(C)O.[Cl][Ta][Cl]. The van der Waals surface area contributed by atoms with E-state index in [1.54, 1.807) is 20.8 Å². The number of rotatable bonds is 3. The van der Waals surface area contributed by atoms with Gasteiger partial charge in [0.2, 0.25) is 0 Å². The molecule has 3 N–H and O–H groups in total. The Morgan fingerprint density at radius 2 is 0.778 bits per heavy atom. The molecule has 0 amide bonds. The van der Waals surface area contributed by atoms with Gasteiger partial charge in [-0.25, -0.2) is 0 Å². The molecule has 6 heteroatoms. The first-order valence-electron chi connectivity index (χ1n) is 6.19. The predicted molar refractivity (Wildman–Crippen MR) is 77.6 cm³/mol. The molecule has 3 unspecified atom stereocenters. The molecular weight excluding hydrogens is 444 g/mol. The summed E-state index contributed by atoms with van der Waals surface area (Å²) in [6.45, 7) is 11.2. The van der Waals surface area contributed by atoms with Crippen molar-refractivity contribution in [2.75, 3.05) is 0 Å². The monoisotopic (exact) mass is 473 g/mol. The Kier molecular flexibility index (Phi) is 40.8. The van der Waals surface area contributed by atoms with E-state index in [1.807, 2.05) is 20.8 Å². The number of aliphatic hydroxyl groups is 3. The number of halogens is 2. The summed E-state index contributed by atoms with van der Waals surface area (Å²) < 4.78 is 0. The molecule has 0 aliphatic carbocycles. The van der Waals surface area contributed by atoms with Crippen LogP contribution in [0.1, 0.15) is 60.8 Å². The summed E-state index contributed by atoms with van der Waals surface area (Å²) in [6.07, 6.45) is 2.24. The van der Waals surface area contributed by atoms with Gasteiger partial charge < -0.3 is 15.3 Å². The molecule has 0 radical (unpaired) electrons. The Morgan fingerprint density at radius 3 is 0.778 bits per heavy atom. The molecule has 0 aromatic carbocycles. The van der Waals surface area contributed by atoms with Crippen LogP contribution in [0.25, 0.3) is 0 Å². The molecule has 0 aliphatic heterocycles. The van der Waals surface area contributed by atoms with E-state index < -0.39 is 17.6 Å². The van der Waals surface area contributed by atoms with Crippen LogP contribution in [0.4, 0.5) is 0 Å². The standard InChI is InChI=1S/3C4H10O.2ClH.Ta/c3*1-3-4(2)5;;;/h3*4-5H,3H2,1-2H3;2*1H;/q;;;;;+2/p-2. The summed E-state index contributed by atoms with van der Waals surface area (Å²) in [5.74, 6) is 0. The van der Waals surface area contributed by atoms with Gasteiger partial charge in [-0.05, 0) is 40.0 Å². The summed E-state index contributed by atoms with van der Waals surface area (Å²) in [5, 5.41) is 25.1. The molecule has 0 saturated carbocycles. The molecule has 0 rings (SSSR count). The van der Waals surface area contributed by atoms with Crippen LogP contribution in [0, 0.1) is 0 Å². The molecule has 0 spiro atoms. The number of hydrogen-bond acceptors (Lipinski definition) is 3. The van der Waals surface area contributed by atoms with Gasteiger partial charge >= 0.3 is 36.0 Å². The van der Waals surface area contributed by atoms with Gasteiger partial charge in [0, 0.05) is 0 Å². The van der Waals surface area contributed by atoms with Crippen LogP contribution in [0.5, 0.6) is 0 Å². The van der Waals surface area contributed by atoms with Gasteiger partial charge in [0.05, 0.1) is 18.3 Å². The summed E-state index contributed by atoms with van der Waals surface area (Å²) >= 11 is -0.889. The van der Waals surface area contributed by atoms with Gasteiger partial charge in [-0.1, -0.05) is 20.8 Å². The molecule has 0 aliphatic rings. The Balaban J connectivity index is -0.0000000739. The average Bonchev–Trinajstić information content (AvgIpc) is 2.31. The van der Waals surface area contributed by atoms with E-state index in [4.69, 9.17) is 33.7 Å². The third-order valence-corrected chi connectivity index (χ3v) is 1.77. The minimum absolute atomic E-state index is 0.116. The van der Waals surface area contributed by atoms with Crippen molar-refractivity contribution in [2.45, 2.75) is 79.1 Å². The maximum absolute atomic E-state index is 8.36. The Bertz CT molecular complexity index is 96.5. The third kappa shape index (κ3) is 87.1. The molecule has 0 aromatic heterocycles. The average molecular weight is 474 g/mol. The van der Waals surface area contributed by atoms with Crippen LogP contribution >= 0.6 is 18.4 Å². The van der Waals surface area contributed by atoms with E-state index in [9.17, 15) is 0 Å². The first-order chi connectivity index (χ1) is 8.22. The van der Waals surface area contributed by atoms with E-state index in [0.717, 1.165) is 19.3 Å². The first kappa shape index (κ1) is 27.5. The zero-order chi connectivity index (χ0) is 15.6. The fourth-order valence-corrected chi connectivity index (χ4v) is 0. The van der Waals surface area contributed by atoms with Crippen LogP contribution in [0.3, 0.4) is 0 Å². The molecule has 0 aromatic rings. The van der Waals surface area contributed by atoms with Crippen LogP contribution in [0.15, 0.2) is 0 Å². The summed E-state index contributed by atoms with van der Waals surface area (Å²) in [7, 11) is 9.89. The molecule has 0 saturated heterocycles. The van der Waals surface area contributed by atoms with Gasteiger partial charge in [0.25, 0.3) is 0 Å². The van der Waals surface area contributed by atoms with E-state index in [0.29, 0.717) is 0 Å². The third-order valence-electron chi connectivity index (χ3n) is 1.77. The van der Waals surface area contributed by atoms with Gasteiger partial charge in [-0.3, -0.25) is 0 Å². The van der Waals surface area contributed by atoms with E-state index >= 15 is 0 Å². The molecule has 3 atom stereocenters. The van der Waals surface area contributed by atoms with Gasteiger partial charge in [0.1, 0.15) is 0 Å². The van der Waals surface area contributed by atoms with E-state index in [-0.39, 0.29) is 18.3 Å². The van der Waals surface area contributed by atoms with Crippen LogP contribution in [0.2, 0.25) is 0 Å². The van der Waals surface area contributed by atoms with Crippen LogP contribution < -0.4 is 0 Å². The van der Waals surface area contributed by atoms with Crippen molar-refractivity contribution in [1.82, 2.24) is 0 Å². The van der Waals surface area contributed by atoms with Crippen molar-refractivity contribution in [3.63, 3.8) is 0 Å². The van der Waals surface area contributed by atoms with Gasteiger partial charge in [-0.15, -0.1) is 0 Å². The van der Waals surface area contributed by atoms with Crippen molar-refractivity contribution >= 4 is 18.4 Å². The Morgan fingerprint density at radius 1 is 0.722 bits per heavy atom. The van der Waals surface area contributed by atoms with E-state index in [1.165, 1.54) is 0 Å². The molecule has 0 bridgehead atoms. The van der Waals surface area contributed by atoms with Crippen LogP contribution in [-0.4, -0.2) is 33.6 Å². The maximum atomic E-state index is 8.36. The Hall–Kier alpha value is 1.20. The van der Waals surface area contributed by atoms with Crippen molar-refractivity contribution in [3.8, 4) is 0 Å². The fourth-order valence-electron chi connectivity index (χ4n) is 0. The van der Waals surface area contributed by atoms with Crippen LogP contribution in [-0.2, 0) is 17.6 Å². The quantitative estimate of drug-likeness (QED) is 0.585. The molecule has 0 fully saturated rings. The van der Waals surface area contributed by atoms with Crippen molar-refractivity contribution < 1.29 is 32.9 Å². The van der Waals surface area contributed by atoms with Crippen molar-refractivity contribution in [1.29, 1.82) is 0 Å². The summed E-state index contributed by atoms with van der Waals surface area (Å²) in [5.41, 5.74) is 0. The molecule has 115 valence electrons. The zero-order valence-electron chi connectivity index (χ0n) is 12.4. The second kappa shape index (κ2) is 26.7. The predicted octanol–water partition coefficient (Wildman–Crippen LogP) is 3.71. The Labute approximate surface area is 130 Å². The van der Waals surface area contributed by atoms with E-state index in [2.05, 4.69) is 0 Å². The zero-order valence-corrected chi connectivity index (χ0v) is 17.1. The van der Waals surface area contributed by atoms with Gasteiger partial charge in [-0.2, -0.15) is 0 Å². The second-order valence-electron chi connectivity index (χ2n) is 3.84. The molecular formula is C12H30Cl2O3Ta. The van der Waals surface area contributed by atoms with Crippen molar-refractivity contribution in [3.05, 3.63) is 0 Å². The summed E-state index contributed by atoms with van der Waals surface area (Å²) in [6, 6.07) is 0.